The van der Waals surface area contributed by atoms with E-state index in [-0.39, 0.29) is 29.9 Å². The molecule has 1 aliphatic heterocycles. The van der Waals surface area contributed by atoms with Crippen molar-refractivity contribution in [2.45, 2.75) is 39.4 Å². The maximum Gasteiger partial charge on any atom is 0.223 e. The first-order valence-corrected chi connectivity index (χ1v) is 9.88. The Balaban J connectivity index is 0.00000300. The zero-order chi connectivity index (χ0) is 19.9. The molecule has 3 rings (SSSR count). The number of aryl methyl sites for hydroxylation is 1. The number of fused-ring (bicyclic) bond motifs is 1. The van der Waals surface area contributed by atoms with Gasteiger partial charge in [-0.1, -0.05) is 54.1 Å². The number of halogens is 1. The van der Waals surface area contributed by atoms with Crippen LogP contribution in [0.2, 0.25) is 0 Å². The first kappa shape index (κ1) is 23.2. The molecule has 0 atom stereocenters. The quantitative estimate of drug-likeness (QED) is 0.280. The fraction of sp³-hybridized carbons (Fsp3) is 0.391. The van der Waals surface area contributed by atoms with Gasteiger partial charge in [-0.25, -0.2) is 0 Å². The van der Waals surface area contributed by atoms with Crippen LogP contribution in [-0.4, -0.2) is 42.3 Å². The summed E-state index contributed by atoms with van der Waals surface area (Å²) in [6, 6.07) is 16.8. The van der Waals surface area contributed by atoms with Crippen molar-refractivity contribution >= 4 is 35.8 Å². The fourth-order valence-corrected chi connectivity index (χ4v) is 3.53. The van der Waals surface area contributed by atoms with Gasteiger partial charge in [0.05, 0.1) is 0 Å². The molecular formula is C23H31IN4O. The zero-order valence-corrected chi connectivity index (χ0v) is 19.8. The number of carbonyl (C=O) groups excluding carboxylic acids is 1. The van der Waals surface area contributed by atoms with E-state index < -0.39 is 0 Å². The molecule has 0 fully saturated rings. The van der Waals surface area contributed by atoms with Crippen molar-refractivity contribution in [3.8, 4) is 0 Å². The Kier molecular flexibility index (Phi) is 8.95. The molecule has 2 aromatic carbocycles. The molecule has 156 valence electrons. The molecule has 0 saturated carbocycles. The summed E-state index contributed by atoms with van der Waals surface area (Å²) in [4.78, 5) is 20.9. The summed E-state index contributed by atoms with van der Waals surface area (Å²) in [6.45, 7) is 5.10. The summed E-state index contributed by atoms with van der Waals surface area (Å²) in [7, 11) is 3.82. The van der Waals surface area contributed by atoms with E-state index in [4.69, 9.17) is 0 Å². The minimum absolute atomic E-state index is 0. The van der Waals surface area contributed by atoms with Gasteiger partial charge in [-0.2, -0.15) is 0 Å². The number of rotatable bonds is 6. The van der Waals surface area contributed by atoms with Crippen molar-refractivity contribution in [2.75, 3.05) is 20.6 Å². The van der Waals surface area contributed by atoms with Gasteiger partial charge >= 0.3 is 0 Å². The van der Waals surface area contributed by atoms with Crippen molar-refractivity contribution in [1.82, 2.24) is 15.1 Å². The molecule has 6 heteroatoms. The van der Waals surface area contributed by atoms with Gasteiger partial charge in [0.15, 0.2) is 5.96 Å². The number of guanidine groups is 1. The Morgan fingerprint density at radius 2 is 1.72 bits per heavy atom. The number of nitrogens with zero attached hydrogens (tertiary/aromatic N) is 3. The third kappa shape index (κ3) is 6.45. The molecule has 0 bridgehead atoms. The Morgan fingerprint density at radius 3 is 2.31 bits per heavy atom. The lowest BCUT2D eigenvalue weighted by Gasteiger charge is -2.22. The van der Waals surface area contributed by atoms with Crippen LogP contribution in [0.4, 0.5) is 0 Å². The summed E-state index contributed by atoms with van der Waals surface area (Å²) < 4.78 is 0. The Bertz CT molecular complexity index is 810. The van der Waals surface area contributed by atoms with Crippen LogP contribution >= 0.6 is 24.0 Å². The average Bonchev–Trinajstić information content (AvgIpc) is 3.14. The van der Waals surface area contributed by atoms with Gasteiger partial charge in [-0.15, -0.1) is 24.0 Å². The SMILES string of the molecule is CN=C(NCCCC(=O)N1Cc2ccccc2C1)N(C)Cc1ccc(C)cc1.I. The van der Waals surface area contributed by atoms with E-state index in [1.165, 1.54) is 22.3 Å². The van der Waals surface area contributed by atoms with Gasteiger partial charge in [0.1, 0.15) is 0 Å². The standard InChI is InChI=1S/C23H30N4O.HI/c1-18-10-12-19(13-11-18)15-26(3)23(24-2)25-14-6-9-22(28)27-16-20-7-4-5-8-21(20)17-27;/h4-5,7-8,10-13H,6,9,14-17H2,1-3H3,(H,24,25);1H. The van der Waals surface area contributed by atoms with Crippen LogP contribution < -0.4 is 5.32 Å². The molecule has 1 aliphatic rings. The molecule has 29 heavy (non-hydrogen) atoms. The third-order valence-electron chi connectivity index (χ3n) is 5.16. The lowest BCUT2D eigenvalue weighted by atomic mass is 10.1. The number of amides is 1. The predicted molar refractivity (Wildman–Crippen MR) is 129 cm³/mol. The van der Waals surface area contributed by atoms with Crippen molar-refractivity contribution < 1.29 is 4.79 Å². The Labute approximate surface area is 191 Å². The second kappa shape index (κ2) is 11.2. The van der Waals surface area contributed by atoms with E-state index in [0.29, 0.717) is 6.42 Å². The lowest BCUT2D eigenvalue weighted by molar-refractivity contribution is -0.131. The van der Waals surface area contributed by atoms with Gasteiger partial charge in [-0.05, 0) is 30.0 Å². The molecule has 0 spiro atoms. The summed E-state index contributed by atoms with van der Waals surface area (Å²) in [5, 5.41) is 3.37. The number of benzene rings is 2. The van der Waals surface area contributed by atoms with Crippen molar-refractivity contribution in [3.05, 3.63) is 70.8 Å². The maximum absolute atomic E-state index is 12.5. The second-order valence-electron chi connectivity index (χ2n) is 7.44. The van der Waals surface area contributed by atoms with E-state index in [1.807, 2.05) is 24.1 Å². The normalized spacial score (nSPS) is 12.9. The summed E-state index contributed by atoms with van der Waals surface area (Å²) in [5.74, 6) is 1.07. The van der Waals surface area contributed by atoms with Crippen molar-refractivity contribution in [1.29, 1.82) is 0 Å². The van der Waals surface area contributed by atoms with Gasteiger partial charge in [0, 0.05) is 46.7 Å². The maximum atomic E-state index is 12.5. The minimum Gasteiger partial charge on any atom is -0.356 e. The number of hydrogen-bond acceptors (Lipinski definition) is 2. The topological polar surface area (TPSA) is 47.9 Å². The first-order chi connectivity index (χ1) is 13.6. The van der Waals surface area contributed by atoms with Crippen LogP contribution in [0.25, 0.3) is 0 Å². The highest BCUT2D eigenvalue weighted by atomic mass is 127. The number of carbonyl (C=O) groups is 1. The van der Waals surface area contributed by atoms with E-state index >= 15 is 0 Å². The zero-order valence-electron chi connectivity index (χ0n) is 17.5. The largest absolute Gasteiger partial charge is 0.356 e. The molecular weight excluding hydrogens is 475 g/mol. The highest BCUT2D eigenvalue weighted by Crippen LogP contribution is 2.22. The van der Waals surface area contributed by atoms with Crippen molar-refractivity contribution in [2.24, 2.45) is 4.99 Å². The summed E-state index contributed by atoms with van der Waals surface area (Å²) in [5.41, 5.74) is 5.05. The molecule has 0 radical (unpaired) electrons. The van der Waals surface area contributed by atoms with Crippen LogP contribution in [0.3, 0.4) is 0 Å². The number of hydrogen-bond donors (Lipinski definition) is 1. The molecule has 0 aliphatic carbocycles. The molecule has 0 aromatic heterocycles. The molecule has 0 saturated heterocycles. The first-order valence-electron chi connectivity index (χ1n) is 9.88. The molecule has 0 unspecified atom stereocenters. The summed E-state index contributed by atoms with van der Waals surface area (Å²) >= 11 is 0. The van der Waals surface area contributed by atoms with Crippen LogP contribution in [0.5, 0.6) is 0 Å². The number of aliphatic imine (C=N–C) groups is 1. The summed E-state index contributed by atoms with van der Waals surface area (Å²) in [6.07, 6.45) is 1.35. The van der Waals surface area contributed by atoms with Gasteiger partial charge in [-0.3, -0.25) is 9.79 Å². The van der Waals surface area contributed by atoms with Gasteiger partial charge < -0.3 is 15.1 Å². The minimum atomic E-state index is 0. The lowest BCUT2D eigenvalue weighted by Crippen LogP contribution is -2.39. The van der Waals surface area contributed by atoms with E-state index in [0.717, 1.165) is 38.6 Å². The van der Waals surface area contributed by atoms with E-state index in [1.54, 1.807) is 7.05 Å². The molecule has 5 nitrogen and oxygen atoms in total. The van der Waals surface area contributed by atoms with Crippen molar-refractivity contribution in [3.63, 3.8) is 0 Å². The molecule has 2 aromatic rings. The molecule has 1 heterocycles. The van der Waals surface area contributed by atoms with E-state index in [2.05, 4.69) is 58.5 Å². The van der Waals surface area contributed by atoms with Crippen LogP contribution in [-0.2, 0) is 24.4 Å². The van der Waals surface area contributed by atoms with Crippen LogP contribution in [0.15, 0.2) is 53.5 Å². The Morgan fingerprint density at radius 1 is 1.10 bits per heavy atom. The Hall–Kier alpha value is -2.09. The monoisotopic (exact) mass is 506 g/mol. The smallest absolute Gasteiger partial charge is 0.223 e. The second-order valence-corrected chi connectivity index (χ2v) is 7.44. The molecule has 1 N–H and O–H groups in total. The molecule has 1 amide bonds. The fourth-order valence-electron chi connectivity index (χ4n) is 3.53. The van der Waals surface area contributed by atoms with Crippen LogP contribution in [0, 0.1) is 6.92 Å². The van der Waals surface area contributed by atoms with Gasteiger partial charge in [0.25, 0.3) is 0 Å². The predicted octanol–water partition coefficient (Wildman–Crippen LogP) is 3.94. The highest BCUT2D eigenvalue weighted by molar-refractivity contribution is 14.0. The average molecular weight is 506 g/mol. The van der Waals surface area contributed by atoms with E-state index in [9.17, 15) is 4.79 Å². The number of nitrogens with one attached hydrogen (secondary N) is 1. The van der Waals surface area contributed by atoms with Gasteiger partial charge in [0.2, 0.25) is 5.91 Å². The third-order valence-corrected chi connectivity index (χ3v) is 5.16. The van der Waals surface area contributed by atoms with Crippen LogP contribution in [0.1, 0.15) is 35.1 Å². The highest BCUT2D eigenvalue weighted by Gasteiger charge is 2.22.